The summed E-state index contributed by atoms with van der Waals surface area (Å²) in [7, 11) is 0. The lowest BCUT2D eigenvalue weighted by Crippen LogP contribution is -1.93. The molecule has 0 radical (unpaired) electrons. The van der Waals surface area contributed by atoms with Crippen LogP contribution in [0.4, 0.5) is 0 Å². The zero-order valence-electron chi connectivity index (χ0n) is 30.6. The SMILES string of the molecule is c1ccc(-n2c3ccccc3c3cc(-c4sc5ccccc5c4Oc4c(-c5ccc6c(c5)c5ccccc5n6-c5ccccc5)sc5ccccc45)ccc32)cc1. The summed E-state index contributed by atoms with van der Waals surface area (Å²) >= 11 is 3.59. The van der Waals surface area contributed by atoms with E-state index in [9.17, 15) is 0 Å². The van der Waals surface area contributed by atoms with Crippen molar-refractivity contribution in [3.05, 3.63) is 194 Å². The number of nitrogens with zero attached hydrogens (tertiary/aromatic N) is 2. The third-order valence-electron chi connectivity index (χ3n) is 11.2. The van der Waals surface area contributed by atoms with Gasteiger partial charge < -0.3 is 13.9 Å². The van der Waals surface area contributed by atoms with E-state index >= 15 is 0 Å². The fourth-order valence-electron chi connectivity index (χ4n) is 8.67. The molecule has 0 aliphatic rings. The molecule has 5 heteroatoms. The van der Waals surface area contributed by atoms with Crippen molar-refractivity contribution >= 4 is 86.5 Å². The highest BCUT2D eigenvalue weighted by Gasteiger charge is 2.24. The molecule has 0 aliphatic heterocycles. The largest absolute Gasteiger partial charge is 0.453 e. The van der Waals surface area contributed by atoms with Crippen LogP contribution in [0.15, 0.2) is 194 Å². The Morgan fingerprint density at radius 3 is 1.14 bits per heavy atom. The number of ether oxygens (including phenoxy) is 1. The van der Waals surface area contributed by atoms with Gasteiger partial charge in [0.2, 0.25) is 0 Å². The van der Waals surface area contributed by atoms with Crippen LogP contribution in [0.5, 0.6) is 11.5 Å². The van der Waals surface area contributed by atoms with E-state index < -0.39 is 0 Å². The van der Waals surface area contributed by atoms with Crippen LogP contribution < -0.4 is 4.74 Å². The number of hydrogen-bond donors (Lipinski definition) is 0. The van der Waals surface area contributed by atoms with Crippen LogP contribution >= 0.6 is 22.7 Å². The average Bonchev–Trinajstić information content (AvgIpc) is 4.02. The van der Waals surface area contributed by atoms with E-state index in [2.05, 4.69) is 203 Å². The molecule has 57 heavy (non-hydrogen) atoms. The van der Waals surface area contributed by atoms with Crippen molar-refractivity contribution < 1.29 is 4.74 Å². The molecule has 0 spiro atoms. The molecule has 0 aliphatic carbocycles. The van der Waals surface area contributed by atoms with Gasteiger partial charge in [-0.05, 0) is 96.1 Å². The molecular weight excluding hydrogens is 733 g/mol. The van der Waals surface area contributed by atoms with Gasteiger partial charge in [0.05, 0.1) is 31.8 Å². The van der Waals surface area contributed by atoms with Crippen LogP contribution in [0.3, 0.4) is 0 Å². The Hall–Kier alpha value is -6.92. The van der Waals surface area contributed by atoms with Gasteiger partial charge in [0.25, 0.3) is 0 Å². The lowest BCUT2D eigenvalue weighted by Gasteiger charge is -2.12. The van der Waals surface area contributed by atoms with Crippen molar-refractivity contribution in [1.82, 2.24) is 9.13 Å². The number of fused-ring (bicyclic) bond motifs is 8. The minimum atomic E-state index is 0.897. The predicted molar refractivity (Wildman–Crippen MR) is 243 cm³/mol. The molecule has 0 saturated heterocycles. The van der Waals surface area contributed by atoms with Crippen molar-refractivity contribution in [2.45, 2.75) is 0 Å². The molecule has 0 unspecified atom stereocenters. The Balaban J connectivity index is 1.05. The number of benzene rings is 8. The van der Waals surface area contributed by atoms with Gasteiger partial charge in [-0.15, -0.1) is 22.7 Å². The summed E-state index contributed by atoms with van der Waals surface area (Å²) in [4.78, 5) is 2.24. The minimum absolute atomic E-state index is 0.897. The lowest BCUT2D eigenvalue weighted by atomic mass is 10.1. The molecule has 0 atom stereocenters. The van der Waals surface area contributed by atoms with Crippen LogP contribution in [0.25, 0.3) is 96.0 Å². The fourth-order valence-corrected chi connectivity index (χ4v) is 10.9. The first-order valence-electron chi connectivity index (χ1n) is 19.2. The monoisotopic (exact) mass is 764 g/mol. The number of para-hydroxylation sites is 4. The second kappa shape index (κ2) is 12.8. The van der Waals surface area contributed by atoms with E-state index in [0.29, 0.717) is 0 Å². The zero-order valence-corrected chi connectivity index (χ0v) is 32.2. The zero-order chi connectivity index (χ0) is 37.5. The molecule has 3 nitrogen and oxygen atoms in total. The molecule has 0 bridgehead atoms. The maximum atomic E-state index is 7.41. The van der Waals surface area contributed by atoms with Gasteiger partial charge in [-0.2, -0.15) is 0 Å². The summed E-state index contributed by atoms with van der Waals surface area (Å²) < 4.78 is 14.6. The summed E-state index contributed by atoms with van der Waals surface area (Å²) in [5, 5.41) is 7.15. The summed E-state index contributed by atoms with van der Waals surface area (Å²) in [5.74, 6) is 1.79. The molecule has 0 fully saturated rings. The second-order valence-corrected chi connectivity index (χ2v) is 16.6. The molecule has 4 aromatic heterocycles. The minimum Gasteiger partial charge on any atom is -0.453 e. The normalized spacial score (nSPS) is 11.9. The summed E-state index contributed by atoms with van der Waals surface area (Å²) in [6.45, 7) is 0. The molecule has 12 rings (SSSR count). The Kier molecular flexibility index (Phi) is 7.27. The van der Waals surface area contributed by atoms with Crippen molar-refractivity contribution in [3.63, 3.8) is 0 Å². The highest BCUT2D eigenvalue weighted by atomic mass is 32.1. The molecule has 8 aromatic carbocycles. The van der Waals surface area contributed by atoms with Crippen molar-refractivity contribution in [2.75, 3.05) is 0 Å². The summed E-state index contributed by atoms with van der Waals surface area (Å²) in [6, 6.07) is 69.8. The number of rotatable bonds is 6. The maximum Gasteiger partial charge on any atom is 0.153 e. The van der Waals surface area contributed by atoms with Crippen LogP contribution in [-0.4, -0.2) is 9.13 Å². The van der Waals surface area contributed by atoms with Gasteiger partial charge in [0, 0.05) is 53.1 Å². The van der Waals surface area contributed by atoms with E-state index in [-0.39, 0.29) is 0 Å². The molecule has 4 heterocycles. The molecule has 0 saturated carbocycles. The van der Waals surface area contributed by atoms with E-state index in [0.717, 1.165) is 54.5 Å². The van der Waals surface area contributed by atoms with Crippen molar-refractivity contribution in [1.29, 1.82) is 0 Å². The van der Waals surface area contributed by atoms with Gasteiger partial charge in [0.1, 0.15) is 0 Å². The van der Waals surface area contributed by atoms with E-state index in [1.807, 2.05) is 0 Å². The Morgan fingerprint density at radius 1 is 0.316 bits per heavy atom. The number of thiophene rings is 2. The van der Waals surface area contributed by atoms with Gasteiger partial charge >= 0.3 is 0 Å². The van der Waals surface area contributed by atoms with E-state index in [4.69, 9.17) is 4.74 Å². The first-order valence-corrected chi connectivity index (χ1v) is 20.8. The van der Waals surface area contributed by atoms with Crippen LogP contribution in [0, 0.1) is 0 Å². The topological polar surface area (TPSA) is 19.1 Å². The number of hydrogen-bond acceptors (Lipinski definition) is 3. The average molecular weight is 765 g/mol. The third kappa shape index (κ3) is 5.03. The van der Waals surface area contributed by atoms with Gasteiger partial charge in [-0.25, -0.2) is 0 Å². The van der Waals surface area contributed by atoms with Crippen LogP contribution in [-0.2, 0) is 0 Å². The highest BCUT2D eigenvalue weighted by molar-refractivity contribution is 7.23. The van der Waals surface area contributed by atoms with E-state index in [1.54, 1.807) is 22.7 Å². The third-order valence-corrected chi connectivity index (χ3v) is 13.6. The van der Waals surface area contributed by atoms with Crippen molar-refractivity contribution in [2.24, 2.45) is 0 Å². The van der Waals surface area contributed by atoms with Crippen LogP contribution in [0.1, 0.15) is 0 Å². The predicted octanol–water partition coefficient (Wildman–Crippen LogP) is 15.4. The second-order valence-electron chi connectivity index (χ2n) is 14.5. The van der Waals surface area contributed by atoms with Gasteiger partial charge in [-0.3, -0.25) is 0 Å². The highest BCUT2D eigenvalue weighted by Crippen LogP contribution is 2.53. The first-order chi connectivity index (χ1) is 28.3. The first kappa shape index (κ1) is 32.3. The maximum absolute atomic E-state index is 7.41. The summed E-state index contributed by atoms with van der Waals surface area (Å²) in [5.41, 5.74) is 9.36. The Morgan fingerprint density at radius 2 is 0.684 bits per heavy atom. The lowest BCUT2D eigenvalue weighted by molar-refractivity contribution is 0.501. The molecule has 0 N–H and O–H groups in total. The van der Waals surface area contributed by atoms with E-state index in [1.165, 1.54) is 53.0 Å². The molecular formula is C52H32N2OS2. The summed E-state index contributed by atoms with van der Waals surface area (Å²) in [6.07, 6.45) is 0. The van der Waals surface area contributed by atoms with Gasteiger partial charge in [0.15, 0.2) is 11.5 Å². The molecule has 268 valence electrons. The Bertz CT molecular complexity index is 3260. The molecule has 12 aromatic rings. The Labute approximate surface area is 336 Å². The smallest absolute Gasteiger partial charge is 0.153 e. The number of aromatic nitrogens is 2. The molecule has 0 amide bonds. The fraction of sp³-hybridized carbons (Fsp3) is 0. The van der Waals surface area contributed by atoms with Crippen LogP contribution in [0.2, 0.25) is 0 Å². The quantitative estimate of drug-likeness (QED) is 0.165. The van der Waals surface area contributed by atoms with Crippen molar-refractivity contribution in [3.8, 4) is 43.8 Å². The van der Waals surface area contributed by atoms with Gasteiger partial charge in [-0.1, -0.05) is 109 Å². The standard InChI is InChI=1S/C52H32N2OS2/c1-3-15-35(16-4-1)53-43-23-11-7-19-37(43)41-31-33(27-29-45(41)53)51-49(39-21-9-13-25-47(39)56-51)55-50-40-22-10-14-26-48(40)57-52(50)34-28-30-46-42(32-34)38-20-8-12-24-44(38)54(46)36-17-5-2-6-18-36/h1-32H.